The standard InChI is InChI=1S/C6H3ClFNO/c7-5-1-4(3-10)9-2-6(5)8/h1-3H. The zero-order valence-corrected chi connectivity index (χ0v) is 5.60. The Morgan fingerprint density at radius 3 is 2.90 bits per heavy atom. The van der Waals surface area contributed by atoms with Crippen molar-refractivity contribution in [3.63, 3.8) is 0 Å². The number of carbonyl (C=O) groups is 1. The number of aldehydes is 1. The van der Waals surface area contributed by atoms with Gasteiger partial charge in [-0.3, -0.25) is 9.78 Å². The molecule has 1 aromatic rings. The zero-order chi connectivity index (χ0) is 7.56. The second kappa shape index (κ2) is 2.75. The Morgan fingerprint density at radius 1 is 1.70 bits per heavy atom. The van der Waals surface area contributed by atoms with Crippen LogP contribution in [-0.4, -0.2) is 11.3 Å². The van der Waals surface area contributed by atoms with Crippen LogP contribution in [0.3, 0.4) is 0 Å². The molecule has 4 heteroatoms. The summed E-state index contributed by atoms with van der Waals surface area (Å²) in [5.74, 6) is -0.618. The Kier molecular flexibility index (Phi) is 1.97. The Bertz CT molecular complexity index is 264. The van der Waals surface area contributed by atoms with Crippen LogP contribution in [0.1, 0.15) is 10.5 Å². The minimum absolute atomic E-state index is 0.0860. The Labute approximate surface area is 61.6 Å². The van der Waals surface area contributed by atoms with Gasteiger partial charge in [0.2, 0.25) is 0 Å². The number of pyridine rings is 1. The van der Waals surface area contributed by atoms with Crippen molar-refractivity contribution < 1.29 is 9.18 Å². The van der Waals surface area contributed by atoms with Gasteiger partial charge in [0.25, 0.3) is 0 Å². The average molecular weight is 160 g/mol. The number of hydrogen-bond donors (Lipinski definition) is 0. The molecule has 0 aliphatic carbocycles. The van der Waals surface area contributed by atoms with E-state index in [4.69, 9.17) is 11.6 Å². The molecule has 0 atom stereocenters. The van der Waals surface area contributed by atoms with E-state index < -0.39 is 5.82 Å². The predicted molar refractivity (Wildman–Crippen MR) is 34.6 cm³/mol. The molecule has 0 unspecified atom stereocenters. The van der Waals surface area contributed by atoms with Crippen molar-refractivity contribution in [3.05, 3.63) is 28.8 Å². The van der Waals surface area contributed by atoms with E-state index in [2.05, 4.69) is 4.98 Å². The fraction of sp³-hybridized carbons (Fsp3) is 0. The molecular weight excluding hydrogens is 157 g/mol. The van der Waals surface area contributed by atoms with Gasteiger partial charge in [-0.15, -0.1) is 0 Å². The van der Waals surface area contributed by atoms with E-state index in [0.717, 1.165) is 6.20 Å². The summed E-state index contributed by atoms with van der Waals surface area (Å²) in [6.45, 7) is 0. The van der Waals surface area contributed by atoms with Crippen LogP contribution in [0, 0.1) is 5.82 Å². The fourth-order valence-corrected chi connectivity index (χ4v) is 0.654. The topological polar surface area (TPSA) is 30.0 Å². The summed E-state index contributed by atoms with van der Waals surface area (Å²) in [6, 6.07) is 1.17. The lowest BCUT2D eigenvalue weighted by atomic mass is 10.4. The van der Waals surface area contributed by atoms with E-state index in [1.165, 1.54) is 6.07 Å². The summed E-state index contributed by atoms with van der Waals surface area (Å²) >= 11 is 5.32. The summed E-state index contributed by atoms with van der Waals surface area (Å²) < 4.78 is 12.3. The highest BCUT2D eigenvalue weighted by atomic mass is 35.5. The molecule has 0 bridgehead atoms. The molecule has 0 saturated heterocycles. The van der Waals surface area contributed by atoms with Crippen LogP contribution in [0.15, 0.2) is 12.3 Å². The van der Waals surface area contributed by atoms with E-state index in [1.54, 1.807) is 0 Å². The van der Waals surface area contributed by atoms with Gasteiger partial charge in [-0.2, -0.15) is 0 Å². The molecule has 0 amide bonds. The third kappa shape index (κ3) is 1.30. The molecule has 52 valence electrons. The van der Waals surface area contributed by atoms with Gasteiger partial charge in [0, 0.05) is 0 Å². The second-order valence-corrected chi connectivity index (χ2v) is 2.05. The lowest BCUT2D eigenvalue weighted by Crippen LogP contribution is -1.87. The molecule has 0 spiro atoms. The number of nitrogens with zero attached hydrogens (tertiary/aromatic N) is 1. The first-order valence-electron chi connectivity index (χ1n) is 2.50. The summed E-state index contributed by atoms with van der Waals surface area (Å²) in [5.41, 5.74) is 0.131. The van der Waals surface area contributed by atoms with Gasteiger partial charge in [0.15, 0.2) is 12.1 Å². The maximum atomic E-state index is 12.3. The quantitative estimate of drug-likeness (QED) is 0.584. The van der Waals surface area contributed by atoms with Crippen LogP contribution in [-0.2, 0) is 0 Å². The molecule has 0 fully saturated rings. The Balaban J connectivity index is 3.16. The van der Waals surface area contributed by atoms with E-state index in [9.17, 15) is 9.18 Å². The second-order valence-electron chi connectivity index (χ2n) is 1.64. The zero-order valence-electron chi connectivity index (χ0n) is 4.84. The third-order valence-corrected chi connectivity index (χ3v) is 1.24. The van der Waals surface area contributed by atoms with Crippen LogP contribution in [0.4, 0.5) is 4.39 Å². The highest BCUT2D eigenvalue weighted by Gasteiger charge is 1.99. The van der Waals surface area contributed by atoms with Crippen LogP contribution >= 0.6 is 11.6 Å². The summed E-state index contributed by atoms with van der Waals surface area (Å²) in [5, 5.41) is -0.0860. The van der Waals surface area contributed by atoms with Crippen molar-refractivity contribution in [1.82, 2.24) is 4.98 Å². The molecule has 0 saturated carbocycles. The molecule has 0 N–H and O–H groups in total. The van der Waals surface area contributed by atoms with Crippen molar-refractivity contribution in [2.24, 2.45) is 0 Å². The number of aromatic nitrogens is 1. The van der Waals surface area contributed by atoms with E-state index >= 15 is 0 Å². The maximum Gasteiger partial charge on any atom is 0.168 e. The molecule has 0 aliphatic heterocycles. The third-order valence-electron chi connectivity index (χ3n) is 0.950. The molecule has 0 aromatic carbocycles. The lowest BCUT2D eigenvalue weighted by molar-refractivity contribution is 0.111. The van der Waals surface area contributed by atoms with E-state index in [0.29, 0.717) is 6.29 Å². The highest BCUT2D eigenvalue weighted by Crippen LogP contribution is 2.12. The molecule has 1 rings (SSSR count). The van der Waals surface area contributed by atoms with Gasteiger partial charge in [0.05, 0.1) is 11.2 Å². The first-order chi connectivity index (χ1) is 4.74. The van der Waals surface area contributed by atoms with Crippen molar-refractivity contribution >= 4 is 17.9 Å². The Hall–Kier alpha value is -0.960. The molecule has 1 heterocycles. The van der Waals surface area contributed by atoms with Gasteiger partial charge in [-0.25, -0.2) is 4.39 Å². The summed E-state index contributed by atoms with van der Waals surface area (Å²) in [4.78, 5) is 13.5. The Morgan fingerprint density at radius 2 is 2.40 bits per heavy atom. The molecule has 1 aromatic heterocycles. The van der Waals surface area contributed by atoms with Crippen molar-refractivity contribution in [2.45, 2.75) is 0 Å². The molecule has 2 nitrogen and oxygen atoms in total. The smallest absolute Gasteiger partial charge is 0.168 e. The van der Waals surface area contributed by atoms with Gasteiger partial charge >= 0.3 is 0 Å². The van der Waals surface area contributed by atoms with Crippen molar-refractivity contribution in [3.8, 4) is 0 Å². The number of carbonyl (C=O) groups excluding carboxylic acids is 1. The minimum Gasteiger partial charge on any atom is -0.296 e. The van der Waals surface area contributed by atoms with Crippen LogP contribution in [0.5, 0.6) is 0 Å². The van der Waals surface area contributed by atoms with E-state index in [-0.39, 0.29) is 10.7 Å². The predicted octanol–water partition coefficient (Wildman–Crippen LogP) is 1.69. The van der Waals surface area contributed by atoms with Crippen LogP contribution < -0.4 is 0 Å². The summed E-state index contributed by atoms with van der Waals surface area (Å²) in [6.07, 6.45) is 1.41. The molecule has 0 radical (unpaired) electrons. The van der Waals surface area contributed by atoms with Crippen molar-refractivity contribution in [2.75, 3.05) is 0 Å². The molecule has 10 heavy (non-hydrogen) atoms. The number of halogens is 2. The van der Waals surface area contributed by atoms with Crippen molar-refractivity contribution in [1.29, 1.82) is 0 Å². The van der Waals surface area contributed by atoms with Crippen LogP contribution in [0.25, 0.3) is 0 Å². The van der Waals surface area contributed by atoms with Crippen LogP contribution in [0.2, 0.25) is 5.02 Å². The number of hydrogen-bond acceptors (Lipinski definition) is 2. The highest BCUT2D eigenvalue weighted by molar-refractivity contribution is 6.30. The first kappa shape index (κ1) is 7.15. The largest absolute Gasteiger partial charge is 0.296 e. The first-order valence-corrected chi connectivity index (χ1v) is 2.88. The monoisotopic (exact) mass is 159 g/mol. The lowest BCUT2D eigenvalue weighted by Gasteiger charge is -1.91. The van der Waals surface area contributed by atoms with Gasteiger partial charge in [-0.05, 0) is 6.07 Å². The number of rotatable bonds is 1. The van der Waals surface area contributed by atoms with Gasteiger partial charge in [-0.1, -0.05) is 11.6 Å². The normalized spacial score (nSPS) is 9.40. The van der Waals surface area contributed by atoms with Gasteiger partial charge in [0.1, 0.15) is 5.69 Å². The van der Waals surface area contributed by atoms with E-state index in [1.807, 2.05) is 0 Å². The SMILES string of the molecule is O=Cc1cc(Cl)c(F)cn1. The maximum absolute atomic E-state index is 12.3. The minimum atomic E-state index is -0.618. The van der Waals surface area contributed by atoms with Gasteiger partial charge < -0.3 is 0 Å². The molecular formula is C6H3ClFNO. The summed E-state index contributed by atoms with van der Waals surface area (Å²) in [7, 11) is 0. The fourth-order valence-electron chi connectivity index (χ4n) is 0.493. The molecule has 0 aliphatic rings. The average Bonchev–Trinajstić information content (AvgIpc) is 1.95.